The minimum atomic E-state index is 0.187. The molecule has 4 heteroatoms. The van der Waals surface area contributed by atoms with E-state index in [0.29, 0.717) is 28.1 Å². The predicted octanol–water partition coefficient (Wildman–Crippen LogP) is 8.48. The summed E-state index contributed by atoms with van der Waals surface area (Å²) in [6.45, 7) is 21.3. The maximum absolute atomic E-state index is 4.90. The lowest BCUT2D eigenvalue weighted by Crippen LogP contribution is -2.66. The fourth-order valence-corrected chi connectivity index (χ4v) is 12.0. The number of hydrazone groups is 1. The Balaban J connectivity index is 1.35. The second-order valence-electron chi connectivity index (χ2n) is 15.8. The second kappa shape index (κ2) is 9.43. The van der Waals surface area contributed by atoms with Crippen LogP contribution in [0.25, 0.3) is 0 Å². The summed E-state index contributed by atoms with van der Waals surface area (Å²) in [7, 11) is 0. The lowest BCUT2D eigenvalue weighted by atomic mass is 9.33. The van der Waals surface area contributed by atoms with Crippen molar-refractivity contribution in [3.63, 3.8) is 0 Å². The molecule has 2 heterocycles. The summed E-state index contributed by atoms with van der Waals surface area (Å²) in [6.07, 6.45) is 19.4. The smallest absolute Gasteiger partial charge is 0.0592 e. The standard InChI is InChI=1S/C35H54N4/c1-24(2)26-11-17-35(23-38-39-25-13-21-36-22-14-25)19-18-33(6)27(30(26)35)9-10-29-32(5)15-8-20-37-31(3,4)28(32)12-16-34(29,33)7/h13-14,21-23,26-30,37H,1,8-12,15-20H2,2-7H3,(H,36,39)/b38-23+/t26-,27+,28-,29+,30+,32-,33+,34+,35+/m0/s1. The number of hydrogen-bond donors (Lipinski definition) is 2. The Bertz CT molecular complexity index is 1110. The molecule has 0 amide bonds. The van der Waals surface area contributed by atoms with Crippen LogP contribution in [-0.4, -0.2) is 23.3 Å². The molecule has 5 fully saturated rings. The first-order chi connectivity index (χ1) is 18.5. The van der Waals surface area contributed by atoms with Crippen LogP contribution in [0.1, 0.15) is 106 Å². The monoisotopic (exact) mass is 530 g/mol. The van der Waals surface area contributed by atoms with E-state index >= 15 is 0 Å². The lowest BCUT2D eigenvalue weighted by molar-refractivity contribution is -0.217. The predicted molar refractivity (Wildman–Crippen MR) is 164 cm³/mol. The Morgan fingerprint density at radius 3 is 2.46 bits per heavy atom. The quantitative estimate of drug-likeness (QED) is 0.233. The first-order valence-electron chi connectivity index (χ1n) is 16.1. The van der Waals surface area contributed by atoms with Gasteiger partial charge in [0.05, 0.1) is 5.69 Å². The highest BCUT2D eigenvalue weighted by Crippen LogP contribution is 2.76. The van der Waals surface area contributed by atoms with Crippen molar-refractivity contribution in [1.82, 2.24) is 10.3 Å². The van der Waals surface area contributed by atoms with Gasteiger partial charge in [0.2, 0.25) is 0 Å². The topological polar surface area (TPSA) is 49.3 Å². The lowest BCUT2D eigenvalue weighted by Gasteiger charge is -2.71. The van der Waals surface area contributed by atoms with Gasteiger partial charge < -0.3 is 5.32 Å². The van der Waals surface area contributed by atoms with Crippen molar-refractivity contribution in [2.75, 3.05) is 12.0 Å². The van der Waals surface area contributed by atoms with Crippen molar-refractivity contribution in [3.05, 3.63) is 36.7 Å². The molecule has 0 unspecified atom stereocenters. The molecule has 4 saturated carbocycles. The van der Waals surface area contributed by atoms with Gasteiger partial charge in [-0.15, -0.1) is 0 Å². The van der Waals surface area contributed by atoms with Gasteiger partial charge in [-0.1, -0.05) is 32.9 Å². The Morgan fingerprint density at radius 1 is 0.949 bits per heavy atom. The van der Waals surface area contributed by atoms with Crippen molar-refractivity contribution >= 4 is 11.9 Å². The summed E-state index contributed by atoms with van der Waals surface area (Å²) < 4.78 is 0. The summed E-state index contributed by atoms with van der Waals surface area (Å²) in [5.74, 6) is 3.63. The Morgan fingerprint density at radius 2 is 1.72 bits per heavy atom. The average Bonchev–Trinajstić information content (AvgIpc) is 3.22. The van der Waals surface area contributed by atoms with Crippen LogP contribution in [0.2, 0.25) is 0 Å². The average molecular weight is 531 g/mol. The van der Waals surface area contributed by atoms with Gasteiger partial charge in [-0.2, -0.15) is 5.10 Å². The number of pyridine rings is 1. The minimum absolute atomic E-state index is 0.187. The molecule has 6 rings (SSSR count). The van der Waals surface area contributed by atoms with Crippen LogP contribution in [0, 0.1) is 51.2 Å². The normalized spacial score (nSPS) is 46.9. The van der Waals surface area contributed by atoms with E-state index in [2.05, 4.69) is 70.1 Å². The molecule has 39 heavy (non-hydrogen) atoms. The van der Waals surface area contributed by atoms with Gasteiger partial charge in [-0.3, -0.25) is 10.4 Å². The van der Waals surface area contributed by atoms with Crippen molar-refractivity contribution in [3.8, 4) is 0 Å². The van der Waals surface area contributed by atoms with Gasteiger partial charge in [-0.05, 0) is 149 Å². The molecule has 4 nitrogen and oxygen atoms in total. The molecule has 4 aliphatic carbocycles. The van der Waals surface area contributed by atoms with E-state index in [4.69, 9.17) is 5.10 Å². The van der Waals surface area contributed by atoms with Crippen LogP contribution in [0.15, 0.2) is 41.8 Å². The first-order valence-corrected chi connectivity index (χ1v) is 16.1. The third-order valence-corrected chi connectivity index (χ3v) is 13.9. The molecule has 0 aromatic carbocycles. The summed E-state index contributed by atoms with van der Waals surface area (Å²) in [5.41, 5.74) is 7.39. The van der Waals surface area contributed by atoms with E-state index in [1.165, 1.54) is 76.3 Å². The summed E-state index contributed by atoms with van der Waals surface area (Å²) in [6, 6.07) is 4.00. The number of rotatable bonds is 4. The third kappa shape index (κ3) is 4.01. The maximum atomic E-state index is 4.90. The number of nitrogens with one attached hydrogen (secondary N) is 2. The van der Waals surface area contributed by atoms with Crippen LogP contribution < -0.4 is 10.7 Å². The van der Waals surface area contributed by atoms with Gasteiger partial charge >= 0.3 is 0 Å². The minimum Gasteiger partial charge on any atom is -0.311 e. The van der Waals surface area contributed by atoms with E-state index < -0.39 is 0 Å². The van der Waals surface area contributed by atoms with E-state index in [1.807, 2.05) is 24.5 Å². The molecule has 2 N–H and O–H groups in total. The zero-order valence-electron chi connectivity index (χ0n) is 25.7. The molecule has 1 aromatic heterocycles. The van der Waals surface area contributed by atoms with Crippen LogP contribution in [-0.2, 0) is 0 Å². The summed E-state index contributed by atoms with van der Waals surface area (Å²) in [4.78, 5) is 4.15. The molecule has 1 saturated heterocycles. The number of anilines is 1. The number of fused-ring (bicyclic) bond motifs is 7. The molecule has 1 aliphatic heterocycles. The van der Waals surface area contributed by atoms with Gasteiger partial charge in [0.15, 0.2) is 0 Å². The van der Waals surface area contributed by atoms with Crippen molar-refractivity contribution in [2.24, 2.45) is 56.4 Å². The molecular formula is C35H54N4. The molecule has 214 valence electrons. The van der Waals surface area contributed by atoms with Crippen LogP contribution in [0.3, 0.4) is 0 Å². The van der Waals surface area contributed by atoms with E-state index in [9.17, 15) is 0 Å². The van der Waals surface area contributed by atoms with Crippen LogP contribution in [0.5, 0.6) is 0 Å². The van der Waals surface area contributed by atoms with Gasteiger partial charge in [0.1, 0.15) is 0 Å². The number of nitrogens with zero attached hydrogens (tertiary/aromatic N) is 2. The van der Waals surface area contributed by atoms with Gasteiger partial charge in [0, 0.05) is 29.6 Å². The molecular weight excluding hydrogens is 476 g/mol. The highest BCUT2D eigenvalue weighted by Gasteiger charge is 2.69. The SMILES string of the molecule is C=C(C)[C@@H]1CC[C@]2(/C=N/Nc3ccncc3)CC[C@]3(C)[C@H](CC[C@@H]4[C@@]5(C)CCCNC(C)(C)[C@@H]5CC[C@]43C)[C@@H]12. The molecule has 5 aliphatic rings. The van der Waals surface area contributed by atoms with Crippen molar-refractivity contribution in [1.29, 1.82) is 0 Å². The molecule has 0 spiro atoms. The second-order valence-corrected chi connectivity index (χ2v) is 15.8. The largest absolute Gasteiger partial charge is 0.311 e. The maximum Gasteiger partial charge on any atom is 0.0592 e. The van der Waals surface area contributed by atoms with E-state index in [-0.39, 0.29) is 11.0 Å². The summed E-state index contributed by atoms with van der Waals surface area (Å²) >= 11 is 0. The Kier molecular flexibility index (Phi) is 6.65. The Hall–Kier alpha value is -1.68. The molecule has 0 bridgehead atoms. The highest BCUT2D eigenvalue weighted by molar-refractivity contribution is 5.69. The number of allylic oxidation sites excluding steroid dienone is 1. The van der Waals surface area contributed by atoms with Crippen LogP contribution in [0.4, 0.5) is 5.69 Å². The van der Waals surface area contributed by atoms with E-state index in [0.717, 1.165) is 23.4 Å². The zero-order chi connectivity index (χ0) is 27.7. The van der Waals surface area contributed by atoms with Gasteiger partial charge in [0.25, 0.3) is 0 Å². The highest BCUT2D eigenvalue weighted by atomic mass is 15.3. The molecule has 1 aromatic rings. The van der Waals surface area contributed by atoms with Gasteiger partial charge in [-0.25, -0.2) is 0 Å². The Labute approximate surface area is 238 Å². The van der Waals surface area contributed by atoms with Crippen molar-refractivity contribution in [2.45, 2.75) is 111 Å². The third-order valence-electron chi connectivity index (χ3n) is 13.9. The summed E-state index contributed by atoms with van der Waals surface area (Å²) in [5, 5.41) is 8.87. The fraction of sp³-hybridized carbons (Fsp3) is 0.771. The fourth-order valence-electron chi connectivity index (χ4n) is 12.0. The van der Waals surface area contributed by atoms with E-state index in [1.54, 1.807) is 0 Å². The first kappa shape index (κ1) is 27.5. The van der Waals surface area contributed by atoms with Crippen LogP contribution >= 0.6 is 0 Å². The zero-order valence-corrected chi connectivity index (χ0v) is 25.7. The number of hydrogen-bond acceptors (Lipinski definition) is 4. The number of aromatic nitrogens is 1. The van der Waals surface area contributed by atoms with Crippen molar-refractivity contribution < 1.29 is 0 Å². The molecule has 9 atom stereocenters. The molecule has 0 radical (unpaired) electrons.